The SMILES string of the molecule is C=C/C1=N/C(=C)CC2C(CC[C@H]3C1=C[C@@]3(C)[C@@H](C)C(C)C)c1ccccc1-c1cccc[n+]12. The second-order valence-corrected chi connectivity index (χ2v) is 10.9. The van der Waals surface area contributed by atoms with Gasteiger partial charge in [0, 0.05) is 29.3 Å². The Morgan fingerprint density at radius 3 is 2.61 bits per heavy atom. The Labute approximate surface area is 199 Å². The zero-order chi connectivity index (χ0) is 23.3. The Morgan fingerprint density at radius 2 is 1.85 bits per heavy atom. The van der Waals surface area contributed by atoms with Gasteiger partial charge in [-0.1, -0.05) is 65.1 Å². The lowest BCUT2D eigenvalue weighted by Gasteiger charge is -2.51. The van der Waals surface area contributed by atoms with Gasteiger partial charge in [-0.15, -0.1) is 0 Å². The van der Waals surface area contributed by atoms with Gasteiger partial charge in [0.2, 0.25) is 5.69 Å². The van der Waals surface area contributed by atoms with E-state index in [0.717, 1.165) is 17.8 Å². The maximum Gasteiger partial charge on any atom is 0.213 e. The molecule has 2 aromatic rings. The van der Waals surface area contributed by atoms with E-state index >= 15 is 0 Å². The maximum absolute atomic E-state index is 5.05. The minimum absolute atomic E-state index is 0.197. The molecule has 0 radical (unpaired) electrons. The molecule has 2 nitrogen and oxygen atoms in total. The molecule has 0 saturated carbocycles. The molecule has 5 atom stereocenters. The summed E-state index contributed by atoms with van der Waals surface area (Å²) in [5, 5.41) is 0. The van der Waals surface area contributed by atoms with Gasteiger partial charge in [0.15, 0.2) is 12.2 Å². The zero-order valence-electron chi connectivity index (χ0n) is 20.6. The summed E-state index contributed by atoms with van der Waals surface area (Å²) >= 11 is 0. The monoisotopic (exact) mass is 437 g/mol. The molecular weight excluding hydrogens is 400 g/mol. The lowest BCUT2D eigenvalue weighted by Crippen LogP contribution is -2.49. The third-order valence-electron chi connectivity index (χ3n) is 8.90. The minimum atomic E-state index is 0.197. The van der Waals surface area contributed by atoms with Crippen LogP contribution in [-0.4, -0.2) is 5.71 Å². The van der Waals surface area contributed by atoms with E-state index in [-0.39, 0.29) is 5.41 Å². The van der Waals surface area contributed by atoms with Gasteiger partial charge in [-0.25, -0.2) is 0 Å². The Bertz CT molecular complexity index is 1170. The number of aliphatic imine (C=N–C) groups is 1. The predicted molar refractivity (Wildman–Crippen MR) is 138 cm³/mol. The highest BCUT2D eigenvalue weighted by atomic mass is 15.0. The Morgan fingerprint density at radius 1 is 1.09 bits per heavy atom. The van der Waals surface area contributed by atoms with Gasteiger partial charge in [-0.2, -0.15) is 4.57 Å². The first-order valence-electron chi connectivity index (χ1n) is 12.6. The fourth-order valence-electron chi connectivity index (χ4n) is 6.71. The van der Waals surface area contributed by atoms with E-state index in [4.69, 9.17) is 4.99 Å². The first kappa shape index (κ1) is 22.1. The van der Waals surface area contributed by atoms with Crippen LogP contribution >= 0.6 is 0 Å². The van der Waals surface area contributed by atoms with Crippen molar-refractivity contribution >= 4 is 5.71 Å². The molecule has 5 rings (SSSR count). The topological polar surface area (TPSA) is 16.2 Å². The van der Waals surface area contributed by atoms with Gasteiger partial charge in [-0.05, 0) is 65.4 Å². The highest BCUT2D eigenvalue weighted by Crippen LogP contribution is 2.56. The molecule has 0 bridgehead atoms. The number of benzene rings is 1. The molecule has 3 aliphatic rings. The van der Waals surface area contributed by atoms with Gasteiger partial charge < -0.3 is 0 Å². The fraction of sp³-hybridized carbons (Fsp3) is 0.419. The molecule has 1 aromatic heterocycles. The van der Waals surface area contributed by atoms with Crippen LogP contribution in [0.4, 0.5) is 0 Å². The number of pyridine rings is 1. The smallest absolute Gasteiger partial charge is 0.213 e. The second kappa shape index (κ2) is 8.24. The molecule has 1 aromatic carbocycles. The van der Waals surface area contributed by atoms with Crippen LogP contribution < -0.4 is 4.57 Å². The van der Waals surface area contributed by atoms with Gasteiger partial charge in [0.05, 0.1) is 12.1 Å². The first-order chi connectivity index (χ1) is 15.8. The number of hydrogen-bond donors (Lipinski definition) is 0. The summed E-state index contributed by atoms with van der Waals surface area (Å²) in [7, 11) is 0. The second-order valence-electron chi connectivity index (χ2n) is 10.9. The van der Waals surface area contributed by atoms with Gasteiger partial charge in [0.1, 0.15) is 0 Å². The number of fused-ring (bicyclic) bond motifs is 7. The van der Waals surface area contributed by atoms with Gasteiger partial charge >= 0.3 is 0 Å². The number of rotatable bonds is 3. The average Bonchev–Trinajstić information content (AvgIpc) is 2.81. The van der Waals surface area contributed by atoms with Crippen LogP contribution in [0.3, 0.4) is 0 Å². The highest BCUT2D eigenvalue weighted by Gasteiger charge is 2.50. The number of nitrogens with zero attached hydrogens (tertiary/aromatic N) is 2. The normalized spacial score (nSPS) is 30.9. The largest absolute Gasteiger partial charge is 0.254 e. The summed E-state index contributed by atoms with van der Waals surface area (Å²) < 4.78 is 2.48. The van der Waals surface area contributed by atoms with Crippen LogP contribution in [0.15, 0.2) is 90.2 Å². The molecule has 33 heavy (non-hydrogen) atoms. The zero-order valence-corrected chi connectivity index (χ0v) is 20.6. The quantitative estimate of drug-likeness (QED) is 0.443. The predicted octanol–water partition coefficient (Wildman–Crippen LogP) is 7.46. The van der Waals surface area contributed by atoms with Crippen molar-refractivity contribution < 1.29 is 4.57 Å². The molecule has 0 spiro atoms. The van der Waals surface area contributed by atoms with Crippen molar-refractivity contribution in [2.45, 2.75) is 58.9 Å². The molecule has 0 fully saturated rings. The van der Waals surface area contributed by atoms with Crippen LogP contribution in [0.25, 0.3) is 11.3 Å². The third kappa shape index (κ3) is 3.46. The molecule has 3 heterocycles. The number of allylic oxidation sites excluding steroid dienone is 4. The molecule has 2 unspecified atom stereocenters. The van der Waals surface area contributed by atoms with Crippen molar-refractivity contribution in [1.29, 1.82) is 0 Å². The molecule has 0 amide bonds. The maximum atomic E-state index is 5.05. The summed E-state index contributed by atoms with van der Waals surface area (Å²) in [6.07, 6.45) is 9.89. The van der Waals surface area contributed by atoms with Crippen LogP contribution in [-0.2, 0) is 0 Å². The van der Waals surface area contributed by atoms with E-state index in [2.05, 4.69) is 100 Å². The van der Waals surface area contributed by atoms with Crippen molar-refractivity contribution in [2.24, 2.45) is 28.2 Å². The van der Waals surface area contributed by atoms with E-state index < -0.39 is 0 Å². The standard InChI is InChI=1S/C31H37N2/c1-7-28-26-19-31(6,22(5)20(2)3)27(26)16-15-25-23-12-8-9-13-24(23)29-14-10-11-17-33(29)30(25)18-21(4)32-28/h7-14,17,19-20,22,25,27,30H,1,4,15-16,18H2,2-3,5-6H3/q+1/b32-28-/t22-,25?,27-,30?,31-/m0/s1. The Balaban J connectivity index is 1.62. The van der Waals surface area contributed by atoms with E-state index in [9.17, 15) is 0 Å². The fourth-order valence-corrected chi connectivity index (χ4v) is 6.71. The van der Waals surface area contributed by atoms with E-state index in [0.29, 0.717) is 29.7 Å². The van der Waals surface area contributed by atoms with E-state index in [1.165, 1.54) is 35.2 Å². The Hall–Kier alpha value is -2.74. The van der Waals surface area contributed by atoms with Gasteiger partial charge in [0.25, 0.3) is 0 Å². The van der Waals surface area contributed by atoms with Crippen LogP contribution in [0.2, 0.25) is 0 Å². The summed E-state index contributed by atoms with van der Waals surface area (Å²) in [5.74, 6) is 2.23. The lowest BCUT2D eigenvalue weighted by atomic mass is 9.53. The van der Waals surface area contributed by atoms with Crippen molar-refractivity contribution in [1.82, 2.24) is 0 Å². The number of hydrogen-bond acceptors (Lipinski definition) is 1. The van der Waals surface area contributed by atoms with Crippen LogP contribution in [0, 0.1) is 23.2 Å². The van der Waals surface area contributed by atoms with Crippen molar-refractivity contribution in [3.05, 3.63) is 90.8 Å². The molecule has 2 heteroatoms. The molecule has 2 aliphatic heterocycles. The highest BCUT2D eigenvalue weighted by molar-refractivity contribution is 6.10. The van der Waals surface area contributed by atoms with Gasteiger partial charge in [-0.3, -0.25) is 4.99 Å². The lowest BCUT2D eigenvalue weighted by molar-refractivity contribution is -0.718. The summed E-state index contributed by atoms with van der Waals surface area (Å²) in [6.45, 7) is 18.1. The summed E-state index contributed by atoms with van der Waals surface area (Å²) in [6, 6.07) is 15.9. The minimum Gasteiger partial charge on any atom is -0.254 e. The van der Waals surface area contributed by atoms with E-state index in [1.807, 2.05) is 6.08 Å². The van der Waals surface area contributed by atoms with Crippen molar-refractivity contribution in [2.75, 3.05) is 0 Å². The first-order valence-corrected chi connectivity index (χ1v) is 12.6. The average molecular weight is 438 g/mol. The molecule has 0 saturated heterocycles. The van der Waals surface area contributed by atoms with Crippen LogP contribution in [0.1, 0.15) is 64.5 Å². The summed E-state index contributed by atoms with van der Waals surface area (Å²) in [5.41, 5.74) is 7.73. The van der Waals surface area contributed by atoms with E-state index in [1.54, 1.807) is 0 Å². The number of aromatic nitrogens is 1. The van der Waals surface area contributed by atoms with Crippen molar-refractivity contribution in [3.63, 3.8) is 0 Å². The molecular formula is C31H37N2+. The molecule has 0 N–H and O–H groups in total. The Kier molecular flexibility index (Phi) is 5.51. The van der Waals surface area contributed by atoms with Crippen molar-refractivity contribution in [3.8, 4) is 11.3 Å². The molecule has 170 valence electrons. The van der Waals surface area contributed by atoms with Crippen LogP contribution in [0.5, 0.6) is 0 Å². The third-order valence-corrected chi connectivity index (χ3v) is 8.90. The molecule has 1 aliphatic carbocycles. The summed E-state index contributed by atoms with van der Waals surface area (Å²) in [4.78, 5) is 5.05.